The summed E-state index contributed by atoms with van der Waals surface area (Å²) in [6.45, 7) is -0.893. The van der Waals surface area contributed by atoms with Crippen molar-refractivity contribution in [3.63, 3.8) is 0 Å². The van der Waals surface area contributed by atoms with Gasteiger partial charge in [-0.3, -0.25) is 9.59 Å². The molecule has 0 heterocycles. The number of nitrogens with one attached hydrogen (secondary N) is 2. The zero-order chi connectivity index (χ0) is 17.9. The molecule has 1 aliphatic carbocycles. The van der Waals surface area contributed by atoms with Crippen molar-refractivity contribution < 1.29 is 29.4 Å². The van der Waals surface area contributed by atoms with Gasteiger partial charge in [-0.1, -0.05) is 6.07 Å². The van der Waals surface area contributed by atoms with Gasteiger partial charge in [0.2, 0.25) is 5.91 Å². The number of rotatable bonds is 4. The van der Waals surface area contributed by atoms with Gasteiger partial charge in [-0.15, -0.1) is 0 Å². The molecule has 1 aliphatic rings. The van der Waals surface area contributed by atoms with E-state index in [9.17, 15) is 19.2 Å². The lowest BCUT2D eigenvalue weighted by atomic mass is 9.99. The first-order valence-electron chi connectivity index (χ1n) is 7.21. The monoisotopic (exact) mass is 335 g/mol. The Morgan fingerprint density at radius 1 is 1.25 bits per heavy atom. The minimum atomic E-state index is -1.59. The summed E-state index contributed by atoms with van der Waals surface area (Å²) in [7, 11) is 1.49. The first-order valence-corrected chi connectivity index (χ1v) is 7.21. The molecule has 0 aromatic heterocycles. The van der Waals surface area contributed by atoms with Crippen LogP contribution in [0.1, 0.15) is 23.5 Å². The summed E-state index contributed by atoms with van der Waals surface area (Å²) in [5.74, 6) is -2.85. The third-order valence-corrected chi connectivity index (χ3v) is 3.79. The molecule has 0 bridgehead atoms. The molecule has 1 atom stereocenters. The molecular weight excluding hydrogens is 318 g/mol. The maximum absolute atomic E-state index is 12.4. The summed E-state index contributed by atoms with van der Waals surface area (Å²) >= 11 is 0. The standard InChI is InChI=1S/C15H17N3O6/c1-16-14(22)17-9-3-5-10-8(6-9)2-4-11(10)13(21)18(15(23)24)7-12(19)20/h3,5-6,11H,2,4,7H2,1H3,(H,19,20)(H,23,24)(H2,16,17,22)/t11-/m0/s1. The van der Waals surface area contributed by atoms with Crippen LogP contribution in [0.15, 0.2) is 18.2 Å². The third kappa shape index (κ3) is 3.62. The Morgan fingerprint density at radius 3 is 2.54 bits per heavy atom. The van der Waals surface area contributed by atoms with Gasteiger partial charge in [0.05, 0.1) is 5.92 Å². The number of carboxylic acid groups (broad SMARTS) is 2. The van der Waals surface area contributed by atoms with E-state index in [2.05, 4.69) is 10.6 Å². The highest BCUT2D eigenvalue weighted by atomic mass is 16.4. The number of imide groups is 1. The van der Waals surface area contributed by atoms with Gasteiger partial charge in [-0.05, 0) is 36.1 Å². The molecule has 128 valence electrons. The molecule has 0 saturated carbocycles. The van der Waals surface area contributed by atoms with E-state index in [4.69, 9.17) is 10.2 Å². The van der Waals surface area contributed by atoms with Crippen LogP contribution < -0.4 is 10.6 Å². The number of carbonyl (C=O) groups is 4. The molecule has 1 aromatic carbocycles. The molecule has 0 saturated heterocycles. The highest BCUT2D eigenvalue weighted by molar-refractivity contribution is 5.98. The van der Waals surface area contributed by atoms with Crippen molar-refractivity contribution in [3.8, 4) is 0 Å². The Labute approximate surface area is 137 Å². The van der Waals surface area contributed by atoms with Crippen molar-refractivity contribution >= 4 is 29.7 Å². The second kappa shape index (κ2) is 6.99. The molecule has 9 heteroatoms. The number of carboxylic acids is 1. The average molecular weight is 335 g/mol. The van der Waals surface area contributed by atoms with E-state index in [-0.39, 0.29) is 6.03 Å². The highest BCUT2D eigenvalue weighted by Crippen LogP contribution is 2.36. The Bertz CT molecular complexity index is 702. The number of carbonyl (C=O) groups excluding carboxylic acids is 2. The smallest absolute Gasteiger partial charge is 0.414 e. The van der Waals surface area contributed by atoms with Crippen molar-refractivity contribution in [3.05, 3.63) is 29.3 Å². The number of hydrogen-bond acceptors (Lipinski definition) is 4. The number of aryl methyl sites for hydroxylation is 1. The van der Waals surface area contributed by atoms with Gasteiger partial charge in [0, 0.05) is 12.7 Å². The Kier molecular flexibility index (Phi) is 5.02. The predicted molar refractivity (Wildman–Crippen MR) is 83.0 cm³/mol. The number of amides is 4. The van der Waals surface area contributed by atoms with Crippen LogP contribution in [0.4, 0.5) is 15.3 Å². The Balaban J connectivity index is 2.21. The van der Waals surface area contributed by atoms with Crippen LogP contribution in [0.3, 0.4) is 0 Å². The van der Waals surface area contributed by atoms with Gasteiger partial charge < -0.3 is 20.8 Å². The fourth-order valence-electron chi connectivity index (χ4n) is 2.71. The molecule has 1 aromatic rings. The number of hydrogen-bond donors (Lipinski definition) is 4. The van der Waals surface area contributed by atoms with Crippen molar-refractivity contribution in [2.45, 2.75) is 18.8 Å². The lowest BCUT2D eigenvalue weighted by molar-refractivity contribution is -0.143. The zero-order valence-electron chi connectivity index (χ0n) is 12.9. The molecule has 24 heavy (non-hydrogen) atoms. The average Bonchev–Trinajstić information content (AvgIpc) is 2.94. The second-order valence-electron chi connectivity index (χ2n) is 5.31. The molecule has 9 nitrogen and oxygen atoms in total. The number of urea groups is 1. The molecule has 2 rings (SSSR count). The molecule has 4 amide bonds. The lowest BCUT2D eigenvalue weighted by Gasteiger charge is -2.20. The van der Waals surface area contributed by atoms with Crippen LogP contribution in [0.25, 0.3) is 0 Å². The van der Waals surface area contributed by atoms with E-state index in [0.29, 0.717) is 29.0 Å². The molecule has 0 radical (unpaired) electrons. The van der Waals surface area contributed by atoms with Crippen molar-refractivity contribution in [2.75, 3.05) is 18.9 Å². The van der Waals surface area contributed by atoms with E-state index in [1.807, 2.05) is 0 Å². The maximum Gasteiger partial charge on any atom is 0.414 e. The quantitative estimate of drug-likeness (QED) is 0.649. The van der Waals surface area contributed by atoms with Crippen LogP contribution >= 0.6 is 0 Å². The fourth-order valence-corrected chi connectivity index (χ4v) is 2.71. The molecule has 0 fully saturated rings. The maximum atomic E-state index is 12.4. The third-order valence-electron chi connectivity index (χ3n) is 3.79. The summed E-state index contributed by atoms with van der Waals surface area (Å²) in [6, 6.07) is 4.61. The van der Waals surface area contributed by atoms with Crippen LogP contribution in [0.5, 0.6) is 0 Å². The fraction of sp³-hybridized carbons (Fsp3) is 0.333. The second-order valence-corrected chi connectivity index (χ2v) is 5.31. The first kappa shape index (κ1) is 17.3. The van der Waals surface area contributed by atoms with Gasteiger partial charge in [-0.25, -0.2) is 14.5 Å². The summed E-state index contributed by atoms with van der Waals surface area (Å²) < 4.78 is 0. The number of anilines is 1. The largest absolute Gasteiger partial charge is 0.480 e. The van der Waals surface area contributed by atoms with Crippen LogP contribution in [-0.2, 0) is 16.0 Å². The Morgan fingerprint density at radius 2 is 1.96 bits per heavy atom. The van der Waals surface area contributed by atoms with E-state index in [0.717, 1.165) is 5.56 Å². The minimum Gasteiger partial charge on any atom is -0.480 e. The van der Waals surface area contributed by atoms with Crippen molar-refractivity contribution in [1.82, 2.24) is 10.2 Å². The zero-order valence-corrected chi connectivity index (χ0v) is 12.9. The lowest BCUT2D eigenvalue weighted by Crippen LogP contribution is -2.42. The molecular formula is C15H17N3O6. The van der Waals surface area contributed by atoms with Gasteiger partial charge in [0.15, 0.2) is 0 Å². The van der Waals surface area contributed by atoms with Crippen molar-refractivity contribution in [2.24, 2.45) is 0 Å². The normalized spacial score (nSPS) is 15.3. The van der Waals surface area contributed by atoms with E-state index in [1.54, 1.807) is 18.2 Å². The Hall–Kier alpha value is -3.10. The van der Waals surface area contributed by atoms with Crippen LogP contribution in [0, 0.1) is 0 Å². The van der Waals surface area contributed by atoms with E-state index < -0.39 is 30.4 Å². The first-order chi connectivity index (χ1) is 11.3. The number of nitrogens with zero attached hydrogens (tertiary/aromatic N) is 1. The SMILES string of the molecule is CNC(=O)Nc1ccc2c(c1)CC[C@@H]2C(=O)N(CC(=O)O)C(=O)O. The van der Waals surface area contributed by atoms with Gasteiger partial charge in [0.25, 0.3) is 0 Å². The number of benzene rings is 1. The minimum absolute atomic E-state index is 0.318. The van der Waals surface area contributed by atoms with Crippen LogP contribution in [0.2, 0.25) is 0 Å². The summed E-state index contributed by atoms with van der Waals surface area (Å²) in [6.07, 6.45) is -0.662. The van der Waals surface area contributed by atoms with E-state index >= 15 is 0 Å². The molecule has 0 spiro atoms. The highest BCUT2D eigenvalue weighted by Gasteiger charge is 2.35. The van der Waals surface area contributed by atoms with Gasteiger partial charge in [-0.2, -0.15) is 0 Å². The van der Waals surface area contributed by atoms with Gasteiger partial charge >= 0.3 is 18.1 Å². The van der Waals surface area contributed by atoms with Crippen LogP contribution in [-0.4, -0.2) is 52.7 Å². The van der Waals surface area contributed by atoms with Crippen molar-refractivity contribution in [1.29, 1.82) is 0 Å². The molecule has 0 aliphatic heterocycles. The number of fused-ring (bicyclic) bond motifs is 1. The topological polar surface area (TPSA) is 136 Å². The van der Waals surface area contributed by atoms with E-state index in [1.165, 1.54) is 7.05 Å². The predicted octanol–water partition coefficient (Wildman–Crippen LogP) is 1.06. The summed E-state index contributed by atoms with van der Waals surface area (Å²) in [5, 5.41) is 22.9. The van der Waals surface area contributed by atoms with Gasteiger partial charge in [0.1, 0.15) is 6.54 Å². The summed E-state index contributed by atoms with van der Waals surface area (Å²) in [4.78, 5) is 45.9. The number of aliphatic carboxylic acids is 1. The molecule has 0 unspecified atom stereocenters. The molecule has 4 N–H and O–H groups in total. The summed E-state index contributed by atoms with van der Waals surface area (Å²) in [5.41, 5.74) is 2.03.